The zero-order chi connectivity index (χ0) is 16.8. The second-order valence-electron chi connectivity index (χ2n) is 5.93. The average molecular weight is 338 g/mol. The largest absolute Gasteiger partial charge is 0.359 e. The molecule has 23 heavy (non-hydrogen) atoms. The molecule has 0 bridgehead atoms. The molecule has 1 aromatic rings. The quantitative estimate of drug-likeness (QED) is 0.863. The van der Waals surface area contributed by atoms with E-state index in [1.54, 1.807) is 7.05 Å². The summed E-state index contributed by atoms with van der Waals surface area (Å²) in [5, 5.41) is 6.61. The van der Waals surface area contributed by atoms with Crippen LogP contribution in [0.3, 0.4) is 0 Å². The van der Waals surface area contributed by atoms with Crippen LogP contribution in [0.15, 0.2) is 24.3 Å². The van der Waals surface area contributed by atoms with E-state index in [-0.39, 0.29) is 23.8 Å². The average Bonchev–Trinajstić information content (AvgIpc) is 2.58. The molecule has 0 radical (unpaired) electrons. The zero-order valence-corrected chi connectivity index (χ0v) is 14.4. The molecule has 1 aliphatic rings. The van der Waals surface area contributed by atoms with Crippen LogP contribution in [-0.2, 0) is 9.59 Å². The smallest absolute Gasteiger partial charge is 0.236 e. The van der Waals surface area contributed by atoms with Crippen LogP contribution in [0.1, 0.15) is 31.4 Å². The van der Waals surface area contributed by atoms with Crippen LogP contribution in [0.25, 0.3) is 0 Å². The summed E-state index contributed by atoms with van der Waals surface area (Å²) in [5.74, 6) is 0.182. The van der Waals surface area contributed by atoms with E-state index < -0.39 is 0 Å². The van der Waals surface area contributed by atoms with Gasteiger partial charge in [-0.25, -0.2) is 0 Å². The first-order chi connectivity index (χ1) is 11.0. The van der Waals surface area contributed by atoms with Gasteiger partial charge in [0.2, 0.25) is 11.8 Å². The van der Waals surface area contributed by atoms with E-state index in [4.69, 9.17) is 11.6 Å². The van der Waals surface area contributed by atoms with Crippen molar-refractivity contribution in [3.63, 3.8) is 0 Å². The summed E-state index contributed by atoms with van der Waals surface area (Å²) in [7, 11) is 1.65. The van der Waals surface area contributed by atoms with Crippen molar-refractivity contribution >= 4 is 23.4 Å². The zero-order valence-electron chi connectivity index (χ0n) is 13.6. The topological polar surface area (TPSA) is 61.4 Å². The highest BCUT2D eigenvalue weighted by molar-refractivity contribution is 6.30. The molecule has 1 saturated heterocycles. The van der Waals surface area contributed by atoms with Crippen molar-refractivity contribution in [2.24, 2.45) is 5.92 Å². The normalized spacial score (nSPS) is 16.9. The Labute approximate surface area is 142 Å². The van der Waals surface area contributed by atoms with Crippen molar-refractivity contribution in [1.29, 1.82) is 0 Å². The molecule has 2 N–H and O–H groups in total. The molecule has 1 aliphatic heterocycles. The lowest BCUT2D eigenvalue weighted by atomic mass is 9.96. The molecule has 0 aliphatic carbocycles. The lowest BCUT2D eigenvalue weighted by molar-refractivity contribution is -0.134. The van der Waals surface area contributed by atoms with Gasteiger partial charge in [0.25, 0.3) is 0 Å². The fraction of sp³-hybridized carbons (Fsp3) is 0.529. The minimum atomic E-state index is 0.0300. The van der Waals surface area contributed by atoms with Crippen LogP contribution in [0, 0.1) is 5.92 Å². The number of hydrogen-bond acceptors (Lipinski definition) is 3. The molecular formula is C17H24ClN3O2. The molecule has 0 aromatic heterocycles. The lowest BCUT2D eigenvalue weighted by Crippen LogP contribution is -2.45. The molecule has 1 heterocycles. The Morgan fingerprint density at radius 3 is 2.65 bits per heavy atom. The third-order valence-electron chi connectivity index (χ3n) is 4.37. The fourth-order valence-corrected chi connectivity index (χ4v) is 3.04. The van der Waals surface area contributed by atoms with Gasteiger partial charge in [0, 0.05) is 37.1 Å². The minimum Gasteiger partial charge on any atom is -0.359 e. The molecule has 5 nitrogen and oxygen atoms in total. The molecule has 1 aromatic carbocycles. The minimum absolute atomic E-state index is 0.0300. The second kappa shape index (κ2) is 8.31. The third-order valence-corrected chi connectivity index (χ3v) is 4.61. The summed E-state index contributed by atoms with van der Waals surface area (Å²) in [5.41, 5.74) is 1.06. The number of carbonyl (C=O) groups is 2. The number of rotatable bonds is 5. The van der Waals surface area contributed by atoms with E-state index in [2.05, 4.69) is 10.6 Å². The van der Waals surface area contributed by atoms with Crippen LogP contribution in [0.2, 0.25) is 5.02 Å². The summed E-state index contributed by atoms with van der Waals surface area (Å²) in [4.78, 5) is 25.7. The monoisotopic (exact) mass is 337 g/mol. The van der Waals surface area contributed by atoms with Crippen molar-refractivity contribution in [2.75, 3.05) is 26.7 Å². The third kappa shape index (κ3) is 4.94. The molecule has 2 rings (SSSR count). The van der Waals surface area contributed by atoms with Crippen LogP contribution < -0.4 is 10.6 Å². The Bertz CT molecular complexity index is 557. The molecular weight excluding hydrogens is 314 g/mol. The maximum absolute atomic E-state index is 12.3. The number of likely N-dealkylation sites (tertiary alicyclic amines) is 1. The number of piperidine rings is 1. The molecule has 6 heteroatoms. The Morgan fingerprint density at radius 2 is 2.04 bits per heavy atom. The number of nitrogens with zero attached hydrogens (tertiary/aromatic N) is 1. The highest BCUT2D eigenvalue weighted by Gasteiger charge is 2.26. The van der Waals surface area contributed by atoms with Gasteiger partial charge in [0.1, 0.15) is 0 Å². The Hall–Kier alpha value is -1.59. The number of carbonyl (C=O) groups excluding carboxylic acids is 2. The molecule has 126 valence electrons. The fourth-order valence-electron chi connectivity index (χ4n) is 2.84. The van der Waals surface area contributed by atoms with E-state index in [1.807, 2.05) is 36.1 Å². The molecule has 1 atom stereocenters. The number of nitrogens with one attached hydrogen (secondary N) is 2. The van der Waals surface area contributed by atoms with Crippen molar-refractivity contribution in [3.05, 3.63) is 34.9 Å². The first-order valence-electron chi connectivity index (χ1n) is 7.99. The molecule has 2 amide bonds. The highest BCUT2D eigenvalue weighted by atomic mass is 35.5. The van der Waals surface area contributed by atoms with Gasteiger partial charge in [-0.15, -0.1) is 0 Å². The molecule has 1 fully saturated rings. The predicted octanol–water partition coefficient (Wildman–Crippen LogP) is 1.98. The maximum Gasteiger partial charge on any atom is 0.236 e. The van der Waals surface area contributed by atoms with Crippen molar-refractivity contribution in [1.82, 2.24) is 15.5 Å². The van der Waals surface area contributed by atoms with E-state index in [9.17, 15) is 9.59 Å². The number of hydrogen-bond donors (Lipinski definition) is 2. The van der Waals surface area contributed by atoms with Crippen LogP contribution >= 0.6 is 11.6 Å². The van der Waals surface area contributed by atoms with Crippen molar-refractivity contribution in [3.8, 4) is 0 Å². The van der Waals surface area contributed by atoms with E-state index in [1.165, 1.54) is 0 Å². The van der Waals surface area contributed by atoms with Crippen LogP contribution in [-0.4, -0.2) is 43.4 Å². The molecule has 0 spiro atoms. The van der Waals surface area contributed by atoms with Gasteiger partial charge in [-0.1, -0.05) is 23.7 Å². The summed E-state index contributed by atoms with van der Waals surface area (Å²) in [6, 6.07) is 7.68. The first kappa shape index (κ1) is 17.8. The van der Waals surface area contributed by atoms with Crippen molar-refractivity contribution in [2.45, 2.75) is 25.8 Å². The standard InChI is InChI=1S/C17H24ClN3O2/c1-12(14-4-3-5-15(18)10-14)20-11-16(22)21-8-6-13(7-9-21)17(23)19-2/h3-5,10,12-13,20H,6-9,11H2,1-2H3,(H,19,23)/t12-/m0/s1. The van der Waals surface area contributed by atoms with Gasteiger partial charge >= 0.3 is 0 Å². The summed E-state index contributed by atoms with van der Waals surface area (Å²) in [6.07, 6.45) is 1.46. The predicted molar refractivity (Wildman–Crippen MR) is 91.2 cm³/mol. The van der Waals surface area contributed by atoms with Crippen LogP contribution in [0.5, 0.6) is 0 Å². The summed E-state index contributed by atoms with van der Waals surface area (Å²) < 4.78 is 0. The summed E-state index contributed by atoms with van der Waals surface area (Å²) >= 11 is 5.99. The number of amides is 2. The molecule has 0 saturated carbocycles. The second-order valence-corrected chi connectivity index (χ2v) is 6.36. The van der Waals surface area contributed by atoms with Gasteiger partial charge in [0.05, 0.1) is 6.54 Å². The maximum atomic E-state index is 12.3. The van der Waals surface area contributed by atoms with Gasteiger partial charge in [-0.05, 0) is 37.5 Å². The summed E-state index contributed by atoms with van der Waals surface area (Å²) in [6.45, 7) is 3.59. The Morgan fingerprint density at radius 1 is 1.35 bits per heavy atom. The lowest BCUT2D eigenvalue weighted by Gasteiger charge is -2.31. The SMILES string of the molecule is CNC(=O)C1CCN(C(=O)CN[C@@H](C)c2cccc(Cl)c2)CC1. The number of halogens is 1. The number of benzene rings is 1. The van der Waals surface area contributed by atoms with E-state index in [0.29, 0.717) is 24.7 Å². The van der Waals surface area contributed by atoms with Gasteiger partial charge < -0.3 is 15.5 Å². The van der Waals surface area contributed by atoms with E-state index in [0.717, 1.165) is 18.4 Å². The van der Waals surface area contributed by atoms with Gasteiger partial charge in [-0.3, -0.25) is 9.59 Å². The highest BCUT2D eigenvalue weighted by Crippen LogP contribution is 2.19. The molecule has 0 unspecified atom stereocenters. The van der Waals surface area contributed by atoms with E-state index >= 15 is 0 Å². The van der Waals surface area contributed by atoms with Gasteiger partial charge in [0.15, 0.2) is 0 Å². The van der Waals surface area contributed by atoms with Crippen LogP contribution in [0.4, 0.5) is 0 Å². The first-order valence-corrected chi connectivity index (χ1v) is 8.37. The van der Waals surface area contributed by atoms with Crippen molar-refractivity contribution < 1.29 is 9.59 Å². The Kier molecular flexibility index (Phi) is 6.42. The van der Waals surface area contributed by atoms with Gasteiger partial charge in [-0.2, -0.15) is 0 Å². The Balaban J connectivity index is 1.78.